The molecule has 2 aromatic rings. The van der Waals surface area contributed by atoms with Crippen LogP contribution in [-0.2, 0) is 5.41 Å². The van der Waals surface area contributed by atoms with Gasteiger partial charge >= 0.3 is 0 Å². The van der Waals surface area contributed by atoms with Gasteiger partial charge in [-0.3, -0.25) is 0 Å². The minimum absolute atomic E-state index is 0.526. The van der Waals surface area contributed by atoms with Gasteiger partial charge in [-0.2, -0.15) is 0 Å². The highest BCUT2D eigenvalue weighted by atomic mass is 14.9. The molecule has 142 valence electrons. The quantitative estimate of drug-likeness (QED) is 0.529. The van der Waals surface area contributed by atoms with Gasteiger partial charge in [0.1, 0.15) is 11.3 Å². The number of hydrogen-bond donors (Lipinski definition) is 4. The van der Waals surface area contributed by atoms with Crippen LogP contribution in [0.25, 0.3) is 11.1 Å². The molecule has 8 N–H and O–H groups in total. The van der Waals surface area contributed by atoms with Gasteiger partial charge in [0.2, 0.25) is 0 Å². The third-order valence-electron chi connectivity index (χ3n) is 6.50. The summed E-state index contributed by atoms with van der Waals surface area (Å²) in [4.78, 5) is 0. The zero-order chi connectivity index (χ0) is 20.0. The molecule has 0 fully saturated rings. The number of benzene rings is 2. The Morgan fingerprint density at radius 3 is 1.41 bits per heavy atom. The van der Waals surface area contributed by atoms with E-state index in [1.54, 1.807) is 0 Å². The minimum Gasteiger partial charge on any atom is -0.307 e. The molecule has 4 aliphatic carbocycles. The van der Waals surface area contributed by atoms with Gasteiger partial charge in [0.25, 0.3) is 0 Å². The molecule has 4 aliphatic rings. The van der Waals surface area contributed by atoms with Gasteiger partial charge in [-0.25, -0.2) is 0 Å². The fourth-order valence-electron chi connectivity index (χ4n) is 5.44. The van der Waals surface area contributed by atoms with Gasteiger partial charge in [-0.05, 0) is 68.9 Å². The van der Waals surface area contributed by atoms with E-state index in [9.17, 15) is 0 Å². The lowest BCUT2D eigenvalue weighted by molar-refractivity contribution is 0.645. The number of hydrogen-bond acceptors (Lipinski definition) is 4. The number of nitrogens with two attached hydrogens (primary N) is 4. The second-order valence-corrected chi connectivity index (χ2v) is 8.45. The van der Waals surface area contributed by atoms with Gasteiger partial charge < -0.3 is 22.9 Å². The van der Waals surface area contributed by atoms with Crippen molar-refractivity contribution in [3.05, 3.63) is 118 Å². The molecule has 0 bridgehead atoms. The molecule has 1 spiro atoms. The smallest absolute Gasteiger partial charge is 0.103 e. The Morgan fingerprint density at radius 1 is 0.552 bits per heavy atom. The molecule has 0 aromatic heterocycles. The van der Waals surface area contributed by atoms with Crippen LogP contribution in [0.4, 0.5) is 0 Å². The Kier molecular flexibility index (Phi) is 2.98. The van der Waals surface area contributed by atoms with Gasteiger partial charge in [-0.1, -0.05) is 60.7 Å². The molecule has 0 saturated carbocycles. The van der Waals surface area contributed by atoms with Gasteiger partial charge in [0.15, 0.2) is 0 Å². The molecule has 0 radical (unpaired) electrons. The lowest BCUT2D eigenvalue weighted by Gasteiger charge is -2.37. The molecule has 6 rings (SSSR count). The Bertz CT molecular complexity index is 1150. The fourth-order valence-corrected chi connectivity index (χ4v) is 5.44. The maximum atomic E-state index is 6.37. The van der Waals surface area contributed by atoms with Crippen LogP contribution in [0, 0.1) is 0 Å². The van der Waals surface area contributed by atoms with E-state index in [1.807, 2.05) is 36.5 Å². The number of allylic oxidation sites excluding steroid dienone is 6. The highest BCUT2D eigenvalue weighted by Crippen LogP contribution is 2.64. The van der Waals surface area contributed by atoms with E-state index < -0.39 is 16.7 Å². The summed E-state index contributed by atoms with van der Waals surface area (Å²) in [6, 6.07) is 17.1. The highest BCUT2D eigenvalue weighted by Gasteiger charge is 2.55. The van der Waals surface area contributed by atoms with Crippen molar-refractivity contribution < 1.29 is 0 Å². The molecule has 0 aliphatic heterocycles. The van der Waals surface area contributed by atoms with Gasteiger partial charge in [-0.15, -0.1) is 0 Å². The third kappa shape index (κ3) is 2.01. The summed E-state index contributed by atoms with van der Waals surface area (Å²) in [5, 5.41) is 0. The van der Waals surface area contributed by atoms with Crippen molar-refractivity contribution in [2.24, 2.45) is 22.9 Å². The summed E-state index contributed by atoms with van der Waals surface area (Å²) < 4.78 is 0. The van der Waals surface area contributed by atoms with E-state index in [4.69, 9.17) is 22.9 Å². The summed E-state index contributed by atoms with van der Waals surface area (Å²) in [7, 11) is 0. The minimum atomic E-state index is -1.01. The first-order valence-corrected chi connectivity index (χ1v) is 9.79. The van der Waals surface area contributed by atoms with Gasteiger partial charge in [0.05, 0.1) is 5.41 Å². The molecule has 0 heterocycles. The number of fused-ring (bicyclic) bond motifs is 9. The molecule has 4 nitrogen and oxygen atoms in total. The van der Waals surface area contributed by atoms with Crippen molar-refractivity contribution in [2.75, 3.05) is 0 Å². The van der Waals surface area contributed by atoms with E-state index in [0.717, 1.165) is 22.3 Å². The highest BCUT2D eigenvalue weighted by molar-refractivity contribution is 5.92. The average molecular weight is 378 g/mol. The lowest BCUT2D eigenvalue weighted by atomic mass is 9.66. The van der Waals surface area contributed by atoms with Crippen LogP contribution in [0.2, 0.25) is 0 Å². The summed E-state index contributed by atoms with van der Waals surface area (Å²) in [6.07, 6.45) is 11.8. The molecule has 2 aromatic carbocycles. The maximum absolute atomic E-state index is 6.37. The Morgan fingerprint density at radius 2 is 0.966 bits per heavy atom. The van der Waals surface area contributed by atoms with E-state index in [2.05, 4.69) is 48.5 Å². The van der Waals surface area contributed by atoms with Crippen LogP contribution in [-0.4, -0.2) is 11.3 Å². The van der Waals surface area contributed by atoms with E-state index in [0.29, 0.717) is 0 Å². The zero-order valence-corrected chi connectivity index (χ0v) is 15.9. The van der Waals surface area contributed by atoms with Crippen LogP contribution in [0.1, 0.15) is 11.1 Å². The van der Waals surface area contributed by atoms with E-state index in [1.165, 1.54) is 22.3 Å². The summed E-state index contributed by atoms with van der Waals surface area (Å²) >= 11 is 0. The zero-order valence-electron chi connectivity index (χ0n) is 15.9. The van der Waals surface area contributed by atoms with Crippen LogP contribution in [0.3, 0.4) is 0 Å². The van der Waals surface area contributed by atoms with Crippen LogP contribution in [0.5, 0.6) is 0 Å². The van der Waals surface area contributed by atoms with Crippen molar-refractivity contribution in [2.45, 2.75) is 16.7 Å². The first-order valence-electron chi connectivity index (χ1n) is 9.79. The lowest BCUT2D eigenvalue weighted by Crippen LogP contribution is -2.48. The van der Waals surface area contributed by atoms with Crippen molar-refractivity contribution in [3.63, 3.8) is 0 Å². The van der Waals surface area contributed by atoms with Crippen LogP contribution >= 0.6 is 0 Å². The first-order chi connectivity index (χ1) is 13.8. The third-order valence-corrected chi connectivity index (χ3v) is 6.50. The van der Waals surface area contributed by atoms with E-state index >= 15 is 0 Å². The largest absolute Gasteiger partial charge is 0.307 e. The summed E-state index contributed by atoms with van der Waals surface area (Å²) in [5.74, 6) is 0. The predicted octanol–water partition coefficient (Wildman–Crippen LogP) is 2.48. The Labute approximate surface area is 169 Å². The standard InChI is InChI=1S/C25H22N4/c26-23(27)11-9-17-18-10-12-24(28,29)14-22(18)25(21(17)13-23)19-7-3-1-5-15(19)16-6-2-4-8-20(16)25/h1-14H,26-29H2. The van der Waals surface area contributed by atoms with Gasteiger partial charge in [0, 0.05) is 0 Å². The molecule has 4 heteroatoms. The molecule has 0 unspecified atom stereocenters. The normalized spacial score (nSPS) is 23.3. The second-order valence-electron chi connectivity index (χ2n) is 8.45. The molecular weight excluding hydrogens is 356 g/mol. The van der Waals surface area contributed by atoms with Crippen LogP contribution in [0.15, 0.2) is 107 Å². The summed E-state index contributed by atoms with van der Waals surface area (Å²) in [6.45, 7) is 0. The molecule has 0 saturated heterocycles. The predicted molar refractivity (Wildman–Crippen MR) is 116 cm³/mol. The molecule has 0 atom stereocenters. The SMILES string of the molecule is NC1(N)C=CC2=C3C=CC(N)(N)C=C3C3(C2=C1)c1ccccc1-c1ccccc13. The first kappa shape index (κ1) is 16.9. The fraction of sp³-hybridized carbons (Fsp3) is 0.120. The second kappa shape index (κ2) is 5.12. The van der Waals surface area contributed by atoms with Crippen molar-refractivity contribution in [1.82, 2.24) is 0 Å². The van der Waals surface area contributed by atoms with E-state index in [-0.39, 0.29) is 0 Å². The Hall–Kier alpha value is -3.02. The molecule has 29 heavy (non-hydrogen) atoms. The van der Waals surface area contributed by atoms with Crippen molar-refractivity contribution in [1.29, 1.82) is 0 Å². The maximum Gasteiger partial charge on any atom is 0.103 e. The Balaban J connectivity index is 1.80. The van der Waals surface area contributed by atoms with Crippen molar-refractivity contribution in [3.8, 4) is 11.1 Å². The molecule has 0 amide bonds. The number of rotatable bonds is 0. The topological polar surface area (TPSA) is 104 Å². The average Bonchev–Trinajstić information content (AvgIpc) is 3.13. The molecular formula is C25H22N4. The monoisotopic (exact) mass is 378 g/mol. The van der Waals surface area contributed by atoms with Crippen LogP contribution < -0.4 is 22.9 Å². The van der Waals surface area contributed by atoms with Crippen molar-refractivity contribution >= 4 is 0 Å². The summed E-state index contributed by atoms with van der Waals surface area (Å²) in [5.41, 5.74) is 32.2.